The van der Waals surface area contributed by atoms with E-state index >= 15 is 0 Å². The maximum Gasteiger partial charge on any atom is 0.335 e. The Hall–Kier alpha value is -3.17. The van der Waals surface area contributed by atoms with Gasteiger partial charge in [0.25, 0.3) is 0 Å². The average molecular weight is 462 g/mol. The molecule has 0 spiro atoms. The lowest BCUT2D eigenvalue weighted by molar-refractivity contribution is -0.165. The smallest absolute Gasteiger partial charge is 0.335 e. The van der Waals surface area contributed by atoms with Gasteiger partial charge in [-0.15, -0.1) is 0 Å². The average Bonchev–Trinajstić information content (AvgIpc) is 3.18. The van der Waals surface area contributed by atoms with Crippen molar-refractivity contribution < 1.29 is 60.0 Å². The van der Waals surface area contributed by atoms with Crippen LogP contribution in [-0.4, -0.2) is 113 Å². The highest BCUT2D eigenvalue weighted by Gasteiger charge is 2.30. The largest absolute Gasteiger partial charge is 0.479 e. The lowest BCUT2D eigenvalue weighted by Crippen LogP contribution is -2.39. The highest BCUT2D eigenvalue weighted by atomic mass is 16.4. The van der Waals surface area contributed by atoms with Crippen molar-refractivity contribution in [1.82, 2.24) is 9.88 Å². The maximum absolute atomic E-state index is 9.77. The molecule has 0 amide bonds. The summed E-state index contributed by atoms with van der Waals surface area (Å²) in [7, 11) is 2.19. The van der Waals surface area contributed by atoms with E-state index < -0.39 is 48.3 Å². The van der Waals surface area contributed by atoms with Crippen molar-refractivity contribution in [1.29, 1.82) is 0 Å². The molecule has 1 aliphatic heterocycles. The Bertz CT molecular complexity index is 688. The molecule has 1 aromatic rings. The third-order valence-corrected chi connectivity index (χ3v) is 4.20. The second-order valence-corrected chi connectivity index (χ2v) is 6.56. The van der Waals surface area contributed by atoms with E-state index in [1.807, 2.05) is 18.5 Å². The number of likely N-dealkylation sites (tertiary alicyclic amines) is 1. The summed E-state index contributed by atoms with van der Waals surface area (Å²) in [6, 6.07) is 4.79. The number of hydrogen-bond acceptors (Lipinski definition) is 10. The molecule has 2 rings (SSSR count). The molecule has 8 N–H and O–H groups in total. The van der Waals surface area contributed by atoms with Crippen molar-refractivity contribution in [2.24, 2.45) is 0 Å². The minimum Gasteiger partial charge on any atom is -0.479 e. The molecule has 2 heterocycles. The Morgan fingerprint density at radius 2 is 1.28 bits per heavy atom. The molecule has 32 heavy (non-hydrogen) atoms. The molecule has 1 fully saturated rings. The Kier molecular flexibility index (Phi) is 12.6. The molecule has 1 aromatic heterocycles. The summed E-state index contributed by atoms with van der Waals surface area (Å²) in [6.07, 6.45) is -2.66. The number of aliphatic hydroxyl groups excluding tert-OH is 4. The van der Waals surface area contributed by atoms with Gasteiger partial charge in [0, 0.05) is 18.4 Å². The molecule has 0 saturated carbocycles. The molecule has 180 valence electrons. The molecule has 0 bridgehead atoms. The lowest BCUT2D eigenvalue weighted by Gasteiger charge is -2.18. The van der Waals surface area contributed by atoms with Gasteiger partial charge in [0.15, 0.2) is 24.4 Å². The maximum atomic E-state index is 9.77. The number of carbonyl (C=O) groups is 4. The highest BCUT2D eigenvalue weighted by Crippen LogP contribution is 2.29. The van der Waals surface area contributed by atoms with Gasteiger partial charge in [-0.25, -0.2) is 19.2 Å². The van der Waals surface area contributed by atoms with Gasteiger partial charge < -0.3 is 40.9 Å². The predicted molar refractivity (Wildman–Crippen MR) is 103 cm³/mol. The van der Waals surface area contributed by atoms with Crippen molar-refractivity contribution in [3.05, 3.63) is 30.1 Å². The molecule has 1 aliphatic rings. The van der Waals surface area contributed by atoms with Gasteiger partial charge in [0.2, 0.25) is 0 Å². The van der Waals surface area contributed by atoms with Crippen LogP contribution >= 0.6 is 0 Å². The minimum atomic E-state index is -2.27. The van der Waals surface area contributed by atoms with Gasteiger partial charge in [0.1, 0.15) is 0 Å². The van der Waals surface area contributed by atoms with Gasteiger partial charge in [0.05, 0.1) is 0 Å². The molecule has 14 nitrogen and oxygen atoms in total. The summed E-state index contributed by atoms with van der Waals surface area (Å²) in [5, 5.41) is 65.1. The van der Waals surface area contributed by atoms with Crippen LogP contribution in [0.1, 0.15) is 24.4 Å². The van der Waals surface area contributed by atoms with Crippen LogP contribution in [0.25, 0.3) is 0 Å². The summed E-state index contributed by atoms with van der Waals surface area (Å²) >= 11 is 0. The van der Waals surface area contributed by atoms with Crippen LogP contribution in [0.4, 0.5) is 0 Å². The monoisotopic (exact) mass is 462 g/mol. The number of hydrogen-bond donors (Lipinski definition) is 8. The van der Waals surface area contributed by atoms with Crippen LogP contribution in [0.2, 0.25) is 0 Å². The van der Waals surface area contributed by atoms with Crippen molar-refractivity contribution in [3.8, 4) is 0 Å². The molecule has 14 heteroatoms. The number of pyridine rings is 1. The number of carboxylic acids is 4. The SMILES string of the molecule is CN1CCCC1c1cccnc1.O=C(O)[C@H](O)[C@@H](O)C(=O)O.O=C(O)[C@H](O)[C@@H](O)C(=O)O. The zero-order valence-electron chi connectivity index (χ0n) is 16.9. The molecule has 1 unspecified atom stereocenters. The van der Waals surface area contributed by atoms with E-state index in [0.29, 0.717) is 6.04 Å². The lowest BCUT2D eigenvalue weighted by atomic mass is 10.1. The third-order valence-electron chi connectivity index (χ3n) is 4.20. The van der Waals surface area contributed by atoms with E-state index in [-0.39, 0.29) is 0 Å². The zero-order valence-corrected chi connectivity index (χ0v) is 16.9. The van der Waals surface area contributed by atoms with Gasteiger partial charge in [-0.1, -0.05) is 6.07 Å². The first-order chi connectivity index (χ1) is 14.8. The number of aromatic nitrogens is 1. The van der Waals surface area contributed by atoms with Crippen molar-refractivity contribution in [3.63, 3.8) is 0 Å². The fourth-order valence-electron chi connectivity index (χ4n) is 2.44. The predicted octanol–water partition coefficient (Wildman–Crippen LogP) is -2.40. The minimum absolute atomic E-state index is 0.610. The van der Waals surface area contributed by atoms with Crippen LogP contribution in [0.3, 0.4) is 0 Å². The first kappa shape index (κ1) is 28.8. The molecule has 1 saturated heterocycles. The molecular weight excluding hydrogens is 436 g/mol. The first-order valence-corrected chi connectivity index (χ1v) is 9.04. The number of carboxylic acid groups (broad SMARTS) is 4. The van der Waals surface area contributed by atoms with Crippen molar-refractivity contribution in [2.75, 3.05) is 13.6 Å². The van der Waals surface area contributed by atoms with E-state index in [0.717, 1.165) is 0 Å². The summed E-state index contributed by atoms with van der Waals surface area (Å²) in [6.45, 7) is 1.22. The fraction of sp³-hybridized carbons (Fsp3) is 0.500. The first-order valence-electron chi connectivity index (χ1n) is 9.04. The molecule has 0 aliphatic carbocycles. The van der Waals surface area contributed by atoms with E-state index in [1.54, 1.807) is 0 Å². The zero-order chi connectivity index (χ0) is 25.0. The van der Waals surface area contributed by atoms with Crippen molar-refractivity contribution in [2.45, 2.75) is 43.3 Å². The highest BCUT2D eigenvalue weighted by molar-refractivity contribution is 5.83. The van der Waals surface area contributed by atoms with Crippen molar-refractivity contribution >= 4 is 23.9 Å². The van der Waals surface area contributed by atoms with Gasteiger partial charge in [-0.05, 0) is 38.1 Å². The molecule has 0 aromatic carbocycles. The number of aliphatic carboxylic acids is 4. The van der Waals surface area contributed by atoms with Gasteiger partial charge in [-0.2, -0.15) is 0 Å². The van der Waals surface area contributed by atoms with Crippen LogP contribution in [0, 0.1) is 0 Å². The summed E-state index contributed by atoms with van der Waals surface area (Å²) in [4.78, 5) is 45.6. The van der Waals surface area contributed by atoms with Gasteiger partial charge in [-0.3, -0.25) is 9.88 Å². The van der Waals surface area contributed by atoms with Crippen LogP contribution < -0.4 is 0 Å². The topological polar surface area (TPSA) is 246 Å². The normalized spacial score (nSPS) is 19.1. The number of nitrogens with zero attached hydrogens (tertiary/aromatic N) is 2. The Morgan fingerprint density at radius 1 is 0.875 bits per heavy atom. The Labute approximate surface area is 181 Å². The summed E-state index contributed by atoms with van der Waals surface area (Å²) in [5.41, 5.74) is 1.36. The third kappa shape index (κ3) is 9.76. The number of aliphatic hydroxyl groups is 4. The second kappa shape index (κ2) is 14.0. The molecule has 5 atom stereocenters. The summed E-state index contributed by atoms with van der Waals surface area (Å²) in [5.74, 6) is -7.07. The number of rotatable bonds is 7. The van der Waals surface area contributed by atoms with Gasteiger partial charge >= 0.3 is 23.9 Å². The van der Waals surface area contributed by atoms with E-state index in [2.05, 4.69) is 23.0 Å². The van der Waals surface area contributed by atoms with E-state index in [4.69, 9.17) is 40.9 Å². The quantitative estimate of drug-likeness (QED) is 0.210. The standard InChI is InChI=1S/C10H14N2.2C4H6O6/c1-12-7-3-5-10(12)9-4-2-6-11-8-9;2*5-1(3(7)8)2(6)4(9)10/h2,4,6,8,10H,3,5,7H2,1H3;2*1-2,5-6H,(H,7,8)(H,9,10)/t;2*1-,2-/m.11/s1. The molecular formula is C18H26N2O12. The Morgan fingerprint density at radius 3 is 1.53 bits per heavy atom. The fourth-order valence-corrected chi connectivity index (χ4v) is 2.44. The van der Waals surface area contributed by atoms with E-state index in [9.17, 15) is 19.2 Å². The summed E-state index contributed by atoms with van der Waals surface area (Å²) < 4.78 is 0. The van der Waals surface area contributed by atoms with Crippen LogP contribution in [0.5, 0.6) is 0 Å². The Balaban J connectivity index is 0.000000455. The van der Waals surface area contributed by atoms with Crippen LogP contribution in [-0.2, 0) is 19.2 Å². The molecule has 0 radical (unpaired) electrons. The van der Waals surface area contributed by atoms with E-state index in [1.165, 1.54) is 24.9 Å². The van der Waals surface area contributed by atoms with Crippen LogP contribution in [0.15, 0.2) is 24.5 Å². The second-order valence-electron chi connectivity index (χ2n) is 6.56.